The number of fused-ring (bicyclic) bond motifs is 1. The van der Waals surface area contributed by atoms with Crippen LogP contribution >= 0.6 is 0 Å². The molecule has 2 aromatic rings. The molecule has 1 saturated carbocycles. The molecule has 1 aromatic heterocycles. The number of carboxylic acid groups (broad SMARTS) is 1. The van der Waals surface area contributed by atoms with Gasteiger partial charge in [0, 0.05) is 12.0 Å². The number of rotatable bonds is 2. The largest absolute Gasteiger partial charge is 0.508 e. The molecular formula is C11H10N2O3. The van der Waals surface area contributed by atoms with Crippen molar-refractivity contribution in [2.75, 3.05) is 0 Å². The number of hydrogen-bond donors (Lipinski definition) is 3. The summed E-state index contributed by atoms with van der Waals surface area (Å²) in [5.74, 6) is -0.212. The SMILES string of the molecule is O=C(O)C1CC1c1nc2ccc(O)cc2[nH]1. The molecule has 0 saturated heterocycles. The molecule has 3 N–H and O–H groups in total. The van der Waals surface area contributed by atoms with E-state index >= 15 is 0 Å². The standard InChI is InChI=1S/C11H10N2O3/c14-5-1-2-8-9(3-5)13-10(12-8)6-4-7(6)11(15)16/h1-3,6-7,14H,4H2,(H,12,13)(H,15,16). The molecule has 1 fully saturated rings. The van der Waals surface area contributed by atoms with Crippen molar-refractivity contribution in [2.24, 2.45) is 5.92 Å². The minimum absolute atomic E-state index is 0.00737. The number of nitrogens with one attached hydrogen (secondary N) is 1. The first-order chi connectivity index (χ1) is 7.65. The maximum absolute atomic E-state index is 10.7. The summed E-state index contributed by atoms with van der Waals surface area (Å²) >= 11 is 0. The van der Waals surface area contributed by atoms with Crippen molar-refractivity contribution >= 4 is 17.0 Å². The number of carboxylic acids is 1. The van der Waals surface area contributed by atoms with Gasteiger partial charge in [0.2, 0.25) is 0 Å². The quantitative estimate of drug-likeness (QED) is 0.712. The van der Waals surface area contributed by atoms with E-state index in [2.05, 4.69) is 9.97 Å². The predicted molar refractivity (Wildman–Crippen MR) is 56.2 cm³/mol. The first-order valence-corrected chi connectivity index (χ1v) is 5.06. The smallest absolute Gasteiger partial charge is 0.307 e. The van der Waals surface area contributed by atoms with E-state index in [1.807, 2.05) is 0 Å². The lowest BCUT2D eigenvalue weighted by Gasteiger charge is -1.90. The first-order valence-electron chi connectivity index (χ1n) is 5.06. The second-order valence-corrected chi connectivity index (χ2v) is 4.11. The highest BCUT2D eigenvalue weighted by Gasteiger charge is 2.46. The molecule has 0 radical (unpaired) electrons. The summed E-state index contributed by atoms with van der Waals surface area (Å²) in [6.45, 7) is 0. The molecule has 0 spiro atoms. The molecule has 82 valence electrons. The number of aromatic nitrogens is 2. The minimum atomic E-state index is -0.770. The van der Waals surface area contributed by atoms with Crippen molar-refractivity contribution in [1.29, 1.82) is 0 Å². The van der Waals surface area contributed by atoms with E-state index in [4.69, 9.17) is 5.11 Å². The Morgan fingerprint density at radius 1 is 1.50 bits per heavy atom. The molecule has 1 aromatic carbocycles. The van der Waals surface area contributed by atoms with Crippen LogP contribution in [0, 0.1) is 5.92 Å². The third-order valence-electron chi connectivity index (χ3n) is 2.94. The number of aromatic amines is 1. The van der Waals surface area contributed by atoms with Crippen LogP contribution in [0.3, 0.4) is 0 Å². The van der Waals surface area contributed by atoms with Crippen molar-refractivity contribution < 1.29 is 15.0 Å². The third kappa shape index (κ3) is 1.32. The molecule has 2 atom stereocenters. The Morgan fingerprint density at radius 3 is 3.00 bits per heavy atom. The Hall–Kier alpha value is -2.04. The lowest BCUT2D eigenvalue weighted by Crippen LogP contribution is -1.99. The van der Waals surface area contributed by atoms with Crippen molar-refractivity contribution in [1.82, 2.24) is 9.97 Å². The van der Waals surface area contributed by atoms with E-state index in [0.29, 0.717) is 12.2 Å². The van der Waals surface area contributed by atoms with Gasteiger partial charge in [-0.05, 0) is 18.6 Å². The van der Waals surface area contributed by atoms with Gasteiger partial charge in [-0.3, -0.25) is 4.79 Å². The summed E-state index contributed by atoms with van der Waals surface area (Å²) in [5.41, 5.74) is 1.50. The van der Waals surface area contributed by atoms with Crippen LogP contribution < -0.4 is 0 Å². The van der Waals surface area contributed by atoms with Crippen molar-refractivity contribution in [3.05, 3.63) is 24.0 Å². The fraction of sp³-hybridized carbons (Fsp3) is 0.273. The molecular weight excluding hydrogens is 208 g/mol. The second kappa shape index (κ2) is 2.98. The highest BCUT2D eigenvalue weighted by molar-refractivity contribution is 5.78. The number of carbonyl (C=O) groups is 1. The number of H-pyrrole nitrogens is 1. The fourth-order valence-electron chi connectivity index (χ4n) is 1.96. The van der Waals surface area contributed by atoms with Crippen LogP contribution in [-0.4, -0.2) is 26.2 Å². The predicted octanol–water partition coefficient (Wildman–Crippen LogP) is 1.46. The maximum atomic E-state index is 10.7. The summed E-state index contributed by atoms with van der Waals surface area (Å²) < 4.78 is 0. The summed E-state index contributed by atoms with van der Waals surface area (Å²) in [6, 6.07) is 4.86. The van der Waals surface area contributed by atoms with Crippen LogP contribution in [0.25, 0.3) is 11.0 Å². The van der Waals surface area contributed by atoms with Gasteiger partial charge in [0.1, 0.15) is 11.6 Å². The number of aliphatic carboxylic acids is 1. The first kappa shape index (κ1) is 9.21. The maximum Gasteiger partial charge on any atom is 0.307 e. The van der Waals surface area contributed by atoms with Gasteiger partial charge in [0.15, 0.2) is 0 Å². The van der Waals surface area contributed by atoms with Gasteiger partial charge in [-0.25, -0.2) is 4.98 Å². The van der Waals surface area contributed by atoms with Crippen LogP contribution in [-0.2, 0) is 4.79 Å². The number of aromatic hydroxyl groups is 1. The van der Waals surface area contributed by atoms with Gasteiger partial charge in [0.05, 0.1) is 17.0 Å². The lowest BCUT2D eigenvalue weighted by molar-refractivity contribution is -0.138. The van der Waals surface area contributed by atoms with E-state index in [1.54, 1.807) is 18.2 Å². The molecule has 5 heteroatoms. The van der Waals surface area contributed by atoms with Crippen molar-refractivity contribution in [2.45, 2.75) is 12.3 Å². The van der Waals surface area contributed by atoms with E-state index in [1.165, 1.54) is 0 Å². The fourth-order valence-corrected chi connectivity index (χ4v) is 1.96. The molecule has 0 aliphatic heterocycles. The Balaban J connectivity index is 1.98. The van der Waals surface area contributed by atoms with E-state index in [9.17, 15) is 9.90 Å². The molecule has 5 nitrogen and oxygen atoms in total. The summed E-state index contributed by atoms with van der Waals surface area (Å²) in [6.07, 6.45) is 0.640. The number of benzene rings is 1. The third-order valence-corrected chi connectivity index (χ3v) is 2.94. The zero-order valence-corrected chi connectivity index (χ0v) is 8.34. The van der Waals surface area contributed by atoms with Gasteiger partial charge in [-0.2, -0.15) is 0 Å². The average Bonchev–Trinajstić information content (AvgIpc) is 2.93. The minimum Gasteiger partial charge on any atom is -0.508 e. The summed E-state index contributed by atoms with van der Waals surface area (Å²) in [5, 5.41) is 18.1. The Kier molecular flexibility index (Phi) is 1.71. The van der Waals surface area contributed by atoms with E-state index in [-0.39, 0.29) is 17.6 Å². The van der Waals surface area contributed by atoms with Crippen LogP contribution in [0.4, 0.5) is 0 Å². The summed E-state index contributed by atoms with van der Waals surface area (Å²) in [4.78, 5) is 18.1. The number of phenols is 1. The molecule has 0 bridgehead atoms. The molecule has 1 heterocycles. The van der Waals surface area contributed by atoms with Crippen LogP contribution in [0.5, 0.6) is 5.75 Å². The van der Waals surface area contributed by atoms with Gasteiger partial charge in [-0.15, -0.1) is 0 Å². The highest BCUT2D eigenvalue weighted by Crippen LogP contribution is 2.46. The van der Waals surface area contributed by atoms with Crippen LogP contribution in [0.15, 0.2) is 18.2 Å². The van der Waals surface area contributed by atoms with Crippen LogP contribution in [0.2, 0.25) is 0 Å². The normalized spacial score (nSPS) is 23.5. The Morgan fingerprint density at radius 2 is 2.31 bits per heavy atom. The Labute approximate surface area is 90.7 Å². The zero-order valence-electron chi connectivity index (χ0n) is 8.34. The molecule has 16 heavy (non-hydrogen) atoms. The molecule has 1 aliphatic rings. The Bertz CT molecular complexity index is 576. The molecule has 0 amide bonds. The molecule has 2 unspecified atom stereocenters. The zero-order chi connectivity index (χ0) is 11.3. The summed E-state index contributed by atoms with van der Waals surface area (Å²) in [7, 11) is 0. The number of hydrogen-bond acceptors (Lipinski definition) is 3. The highest BCUT2D eigenvalue weighted by atomic mass is 16.4. The number of phenolic OH excluding ortho intramolecular Hbond substituents is 1. The van der Waals surface area contributed by atoms with Gasteiger partial charge in [-0.1, -0.05) is 0 Å². The van der Waals surface area contributed by atoms with Gasteiger partial charge in [0.25, 0.3) is 0 Å². The molecule has 3 rings (SSSR count). The average molecular weight is 218 g/mol. The monoisotopic (exact) mass is 218 g/mol. The van der Waals surface area contributed by atoms with E-state index in [0.717, 1.165) is 11.0 Å². The van der Waals surface area contributed by atoms with Crippen molar-refractivity contribution in [3.63, 3.8) is 0 Å². The van der Waals surface area contributed by atoms with E-state index < -0.39 is 5.97 Å². The van der Waals surface area contributed by atoms with Crippen molar-refractivity contribution in [3.8, 4) is 5.75 Å². The number of nitrogens with zero attached hydrogens (tertiary/aromatic N) is 1. The second-order valence-electron chi connectivity index (χ2n) is 4.11. The van der Waals surface area contributed by atoms with Gasteiger partial charge < -0.3 is 15.2 Å². The van der Waals surface area contributed by atoms with Gasteiger partial charge >= 0.3 is 5.97 Å². The van der Waals surface area contributed by atoms with Crippen LogP contribution in [0.1, 0.15) is 18.2 Å². The number of imidazole rings is 1. The molecule has 1 aliphatic carbocycles. The lowest BCUT2D eigenvalue weighted by atomic mass is 10.3. The topological polar surface area (TPSA) is 86.2 Å².